The third-order valence-corrected chi connectivity index (χ3v) is 5.90. The van der Waals surface area contributed by atoms with Crippen molar-refractivity contribution >= 4 is 23.6 Å². The van der Waals surface area contributed by atoms with E-state index in [1.807, 2.05) is 12.1 Å². The zero-order valence-corrected chi connectivity index (χ0v) is 21.1. The van der Waals surface area contributed by atoms with Gasteiger partial charge in [-0.3, -0.25) is 0 Å². The molecule has 0 aliphatic rings. The summed E-state index contributed by atoms with van der Waals surface area (Å²) in [5, 5.41) is 17.0. The van der Waals surface area contributed by atoms with E-state index in [-0.39, 0.29) is 23.2 Å². The number of terminal acetylenes is 1. The molecule has 2 rings (SSSR count). The molecule has 0 heterocycles. The minimum atomic E-state index is -0.724. The van der Waals surface area contributed by atoms with Crippen LogP contribution in [0.3, 0.4) is 0 Å². The van der Waals surface area contributed by atoms with Gasteiger partial charge in [-0.2, -0.15) is 0 Å². The summed E-state index contributed by atoms with van der Waals surface area (Å²) >= 11 is 0. The van der Waals surface area contributed by atoms with Crippen molar-refractivity contribution in [3.8, 4) is 12.3 Å². The Morgan fingerprint density at radius 1 is 1.15 bits per heavy atom. The van der Waals surface area contributed by atoms with Crippen LogP contribution in [0.4, 0.5) is 20.6 Å². The molecular weight excluding hydrogens is 427 g/mol. The Bertz CT molecular complexity index is 1040. The normalized spacial score (nSPS) is 12.6. The first kappa shape index (κ1) is 26.9. The molecule has 1 unspecified atom stereocenters. The number of hydrogen-bond acceptors (Lipinski definition) is 3. The van der Waals surface area contributed by atoms with E-state index in [0.717, 1.165) is 28.9 Å². The molecule has 4 N–H and O–H groups in total. The number of hydrogen-bond donors (Lipinski definition) is 4. The molecule has 2 amide bonds. The van der Waals surface area contributed by atoms with Gasteiger partial charge in [-0.25, -0.2) is 9.18 Å². The quantitative estimate of drug-likeness (QED) is 0.241. The Kier molecular flexibility index (Phi) is 8.86. The number of benzene rings is 2. The molecule has 0 radical (unpaired) electrons. The molecule has 0 fully saturated rings. The molecule has 0 spiro atoms. The number of carbonyl (C=O) groups is 1. The fourth-order valence-electron chi connectivity index (χ4n) is 3.89. The number of rotatable bonds is 10. The predicted molar refractivity (Wildman–Crippen MR) is 139 cm³/mol. The van der Waals surface area contributed by atoms with E-state index >= 15 is 0 Å². The topological polar surface area (TPSA) is 77.0 Å². The smallest absolute Gasteiger partial charge is 0.315 e. The molecule has 182 valence electrons. The molecule has 5 nitrogen and oxygen atoms in total. The van der Waals surface area contributed by atoms with Crippen LogP contribution in [-0.2, 0) is 0 Å². The Morgan fingerprint density at radius 2 is 1.79 bits per heavy atom. The van der Waals surface area contributed by atoms with Crippen LogP contribution in [0.5, 0.6) is 0 Å². The highest BCUT2D eigenvalue weighted by molar-refractivity contribution is 5.87. The standard InChI is InChI=1S/C28H37FN4O/c1-8-28(6,7)33-26(34)31-18-27(4,5)24(15-19(2)3)20-9-14-25(21(16-20)17-30)32-23-12-10-22(29)11-13-23/h1,9-14,16-17,19,24,30,32H,15,18H2,2-7H3,(H2,31,33,34). The van der Waals surface area contributed by atoms with Crippen LogP contribution in [-0.4, -0.2) is 24.3 Å². The van der Waals surface area contributed by atoms with Gasteiger partial charge in [0.15, 0.2) is 0 Å². The van der Waals surface area contributed by atoms with Crippen LogP contribution in [0, 0.1) is 34.9 Å². The van der Waals surface area contributed by atoms with Gasteiger partial charge in [0.05, 0.1) is 5.54 Å². The summed E-state index contributed by atoms with van der Waals surface area (Å²) in [7, 11) is 0. The molecular formula is C28H37FN4O. The maximum Gasteiger partial charge on any atom is 0.315 e. The predicted octanol–water partition coefficient (Wildman–Crippen LogP) is 6.43. The van der Waals surface area contributed by atoms with Gasteiger partial charge < -0.3 is 21.4 Å². The summed E-state index contributed by atoms with van der Waals surface area (Å²) in [6, 6.07) is 11.9. The molecule has 0 aliphatic heterocycles. The average molecular weight is 465 g/mol. The van der Waals surface area contributed by atoms with Crippen LogP contribution in [0.15, 0.2) is 42.5 Å². The molecule has 0 aromatic heterocycles. The molecule has 0 aliphatic carbocycles. The van der Waals surface area contributed by atoms with Crippen molar-refractivity contribution in [2.24, 2.45) is 11.3 Å². The summed E-state index contributed by atoms with van der Waals surface area (Å²) in [6.07, 6.45) is 7.72. The van der Waals surface area contributed by atoms with Gasteiger partial charge in [0.25, 0.3) is 0 Å². The van der Waals surface area contributed by atoms with Crippen LogP contribution in [0.1, 0.15) is 65.0 Å². The second kappa shape index (κ2) is 11.2. The molecule has 0 saturated heterocycles. The second-order valence-electron chi connectivity index (χ2n) is 10.4. The van der Waals surface area contributed by atoms with Crippen molar-refractivity contribution in [1.82, 2.24) is 10.6 Å². The van der Waals surface area contributed by atoms with Gasteiger partial charge in [0, 0.05) is 29.7 Å². The summed E-state index contributed by atoms with van der Waals surface area (Å²) in [6.45, 7) is 12.7. The largest absolute Gasteiger partial charge is 0.355 e. The van der Waals surface area contributed by atoms with Gasteiger partial charge in [0.1, 0.15) is 5.82 Å². The van der Waals surface area contributed by atoms with E-state index in [9.17, 15) is 9.18 Å². The zero-order valence-electron chi connectivity index (χ0n) is 21.1. The van der Waals surface area contributed by atoms with Crippen LogP contribution < -0.4 is 16.0 Å². The first-order valence-electron chi connectivity index (χ1n) is 11.6. The van der Waals surface area contributed by atoms with Crippen molar-refractivity contribution in [1.29, 1.82) is 5.41 Å². The summed E-state index contributed by atoms with van der Waals surface area (Å²) in [5.74, 6) is 2.86. The lowest BCUT2D eigenvalue weighted by atomic mass is 9.71. The Morgan fingerprint density at radius 3 is 2.35 bits per heavy atom. The van der Waals surface area contributed by atoms with E-state index < -0.39 is 5.54 Å². The second-order valence-corrected chi connectivity index (χ2v) is 10.4. The number of urea groups is 1. The highest BCUT2D eigenvalue weighted by Gasteiger charge is 2.32. The first-order chi connectivity index (χ1) is 15.9. The molecule has 6 heteroatoms. The van der Waals surface area contributed by atoms with E-state index in [0.29, 0.717) is 12.5 Å². The van der Waals surface area contributed by atoms with Gasteiger partial charge >= 0.3 is 6.03 Å². The van der Waals surface area contributed by atoms with E-state index in [4.69, 9.17) is 11.8 Å². The minimum absolute atomic E-state index is 0.145. The highest BCUT2D eigenvalue weighted by Crippen LogP contribution is 2.41. The minimum Gasteiger partial charge on any atom is -0.355 e. The fraction of sp³-hybridized carbons (Fsp3) is 0.429. The van der Waals surface area contributed by atoms with Crippen LogP contribution in [0.2, 0.25) is 0 Å². The first-order valence-corrected chi connectivity index (χ1v) is 11.6. The monoisotopic (exact) mass is 464 g/mol. The fourth-order valence-corrected chi connectivity index (χ4v) is 3.89. The van der Waals surface area contributed by atoms with Crippen molar-refractivity contribution in [2.75, 3.05) is 11.9 Å². The molecule has 0 saturated carbocycles. The SMILES string of the molecule is C#CC(C)(C)NC(=O)NCC(C)(C)C(CC(C)C)c1ccc(Nc2ccc(F)cc2)c(C=N)c1. The van der Waals surface area contributed by atoms with E-state index in [1.165, 1.54) is 18.3 Å². The number of nitrogens with one attached hydrogen (secondary N) is 4. The third-order valence-electron chi connectivity index (χ3n) is 5.90. The maximum absolute atomic E-state index is 13.2. The molecule has 1 atom stereocenters. The van der Waals surface area contributed by atoms with Crippen molar-refractivity contribution in [3.63, 3.8) is 0 Å². The number of anilines is 2. The number of amides is 2. The average Bonchev–Trinajstić information content (AvgIpc) is 2.77. The Hall–Kier alpha value is -3.33. The summed E-state index contributed by atoms with van der Waals surface area (Å²) in [4.78, 5) is 12.4. The lowest BCUT2D eigenvalue weighted by Gasteiger charge is -2.37. The van der Waals surface area contributed by atoms with Crippen LogP contribution >= 0.6 is 0 Å². The molecule has 2 aromatic rings. The van der Waals surface area contributed by atoms with Gasteiger partial charge in [-0.05, 0) is 79.5 Å². The van der Waals surface area contributed by atoms with Crippen LogP contribution in [0.25, 0.3) is 0 Å². The third kappa shape index (κ3) is 7.62. The van der Waals surface area contributed by atoms with Gasteiger partial charge in [0.2, 0.25) is 0 Å². The highest BCUT2D eigenvalue weighted by atomic mass is 19.1. The molecule has 0 bridgehead atoms. The van der Waals surface area contributed by atoms with Crippen molar-refractivity contribution in [2.45, 2.75) is 59.4 Å². The van der Waals surface area contributed by atoms with Crippen molar-refractivity contribution in [3.05, 3.63) is 59.4 Å². The Balaban J connectivity index is 2.27. The van der Waals surface area contributed by atoms with Gasteiger partial charge in [-0.1, -0.05) is 39.7 Å². The zero-order chi connectivity index (χ0) is 25.5. The molecule has 34 heavy (non-hydrogen) atoms. The number of carbonyl (C=O) groups excluding carboxylic acids is 1. The summed E-state index contributed by atoms with van der Waals surface area (Å²) < 4.78 is 13.2. The Labute approximate surface area is 203 Å². The van der Waals surface area contributed by atoms with E-state index in [1.54, 1.807) is 26.0 Å². The lowest BCUT2D eigenvalue weighted by Crippen LogP contribution is -2.50. The number of halogens is 1. The lowest BCUT2D eigenvalue weighted by molar-refractivity contribution is 0.213. The maximum atomic E-state index is 13.2. The van der Waals surface area contributed by atoms with Gasteiger partial charge in [-0.15, -0.1) is 6.42 Å². The van der Waals surface area contributed by atoms with E-state index in [2.05, 4.69) is 55.6 Å². The summed E-state index contributed by atoms with van der Waals surface area (Å²) in [5.41, 5.74) is 2.40. The molecule has 2 aromatic carbocycles. The van der Waals surface area contributed by atoms with Crippen molar-refractivity contribution < 1.29 is 9.18 Å².